The maximum atomic E-state index is 11.8. The van der Waals surface area contributed by atoms with E-state index in [0.717, 1.165) is 6.42 Å². The van der Waals surface area contributed by atoms with Crippen LogP contribution in [0.3, 0.4) is 0 Å². The van der Waals surface area contributed by atoms with Crippen molar-refractivity contribution in [2.75, 3.05) is 11.6 Å². The van der Waals surface area contributed by atoms with E-state index in [2.05, 4.69) is 24.1 Å². The fourth-order valence-electron chi connectivity index (χ4n) is 3.11. The van der Waals surface area contributed by atoms with Crippen molar-refractivity contribution >= 4 is 15.7 Å². The summed E-state index contributed by atoms with van der Waals surface area (Å²) in [6, 6.07) is 3.61. The lowest BCUT2D eigenvalue weighted by atomic mass is 9.78. The Labute approximate surface area is 121 Å². The Balaban J connectivity index is 2.25. The minimum Gasteiger partial charge on any atom is -0.366 e. The zero-order valence-corrected chi connectivity index (χ0v) is 13.3. The second-order valence-corrected chi connectivity index (χ2v) is 8.05. The molecule has 4 nitrogen and oxygen atoms in total. The highest BCUT2D eigenvalue weighted by atomic mass is 32.2. The zero-order chi connectivity index (χ0) is 14.8. The minimum absolute atomic E-state index is 0.299. The van der Waals surface area contributed by atoms with Crippen molar-refractivity contribution in [3.63, 3.8) is 0 Å². The van der Waals surface area contributed by atoms with Crippen molar-refractivity contribution in [1.29, 1.82) is 0 Å². The molecule has 0 radical (unpaired) electrons. The van der Waals surface area contributed by atoms with Crippen LogP contribution in [0, 0.1) is 11.8 Å². The smallest absolute Gasteiger partial charge is 0.179 e. The highest BCUT2D eigenvalue weighted by molar-refractivity contribution is 7.90. The van der Waals surface area contributed by atoms with Crippen molar-refractivity contribution in [1.82, 2.24) is 4.98 Å². The second-order valence-electron chi connectivity index (χ2n) is 6.07. The largest absolute Gasteiger partial charge is 0.366 e. The van der Waals surface area contributed by atoms with Gasteiger partial charge in [-0.15, -0.1) is 0 Å². The lowest BCUT2D eigenvalue weighted by Gasteiger charge is -2.35. The number of nitrogens with one attached hydrogen (secondary N) is 1. The first-order valence-corrected chi connectivity index (χ1v) is 9.20. The van der Waals surface area contributed by atoms with E-state index in [4.69, 9.17) is 0 Å². The first kappa shape index (κ1) is 15.3. The van der Waals surface area contributed by atoms with E-state index in [1.54, 1.807) is 18.3 Å². The van der Waals surface area contributed by atoms with E-state index in [-0.39, 0.29) is 0 Å². The van der Waals surface area contributed by atoms with Gasteiger partial charge in [0.05, 0.1) is 0 Å². The van der Waals surface area contributed by atoms with E-state index >= 15 is 0 Å². The molecule has 0 spiro atoms. The Morgan fingerprint density at radius 3 is 2.65 bits per heavy atom. The summed E-state index contributed by atoms with van der Waals surface area (Å²) in [5.74, 6) is 1.68. The summed E-state index contributed by atoms with van der Waals surface area (Å²) in [5.41, 5.74) is 0. The summed E-state index contributed by atoms with van der Waals surface area (Å²) in [5, 5.41) is 3.40. The average Bonchev–Trinajstić information content (AvgIpc) is 2.38. The molecule has 2 unspecified atom stereocenters. The summed E-state index contributed by atoms with van der Waals surface area (Å²) in [6.07, 6.45) is 7.63. The molecule has 0 amide bonds. The number of nitrogens with zero attached hydrogens (tertiary/aromatic N) is 1. The molecule has 0 aromatic carbocycles. The van der Waals surface area contributed by atoms with Crippen LogP contribution >= 0.6 is 0 Å². The number of anilines is 1. The van der Waals surface area contributed by atoms with Crippen molar-refractivity contribution in [3.05, 3.63) is 18.3 Å². The number of pyridine rings is 1. The molecule has 2 rings (SSSR count). The average molecular weight is 296 g/mol. The third-order valence-electron chi connectivity index (χ3n) is 4.17. The monoisotopic (exact) mass is 296 g/mol. The molecular formula is C15H24N2O2S. The molecule has 1 N–H and O–H groups in total. The van der Waals surface area contributed by atoms with E-state index < -0.39 is 9.84 Å². The van der Waals surface area contributed by atoms with Gasteiger partial charge in [-0.1, -0.05) is 26.7 Å². The van der Waals surface area contributed by atoms with Crippen molar-refractivity contribution in [2.45, 2.75) is 50.5 Å². The molecule has 0 saturated heterocycles. The number of aromatic nitrogens is 1. The summed E-state index contributed by atoms with van der Waals surface area (Å²) in [7, 11) is -3.25. The first-order valence-electron chi connectivity index (χ1n) is 7.31. The van der Waals surface area contributed by atoms with Crippen LogP contribution in [0.2, 0.25) is 0 Å². The highest BCUT2D eigenvalue weighted by Crippen LogP contribution is 2.33. The fraction of sp³-hybridized carbons (Fsp3) is 0.667. The molecular weight excluding hydrogens is 272 g/mol. The Hall–Kier alpha value is -1.10. The maximum absolute atomic E-state index is 11.8. The summed E-state index contributed by atoms with van der Waals surface area (Å²) in [4.78, 5) is 4.54. The maximum Gasteiger partial charge on any atom is 0.179 e. The Morgan fingerprint density at radius 1 is 1.30 bits per heavy atom. The lowest BCUT2D eigenvalue weighted by molar-refractivity contribution is 0.253. The standard InChI is InChI=1S/C15H24N2O2S/c1-11(2)12-7-4-5-8-13(12)17-15-14(20(3,18)19)9-6-10-16-15/h6,9-13H,4-5,7-8H2,1-3H3,(H,16,17). The molecule has 112 valence electrons. The van der Waals surface area contributed by atoms with Gasteiger partial charge in [0.25, 0.3) is 0 Å². The Morgan fingerprint density at radius 2 is 2.00 bits per heavy atom. The quantitative estimate of drug-likeness (QED) is 0.927. The topological polar surface area (TPSA) is 59.1 Å². The molecule has 5 heteroatoms. The van der Waals surface area contributed by atoms with E-state index in [9.17, 15) is 8.42 Å². The summed E-state index contributed by atoms with van der Waals surface area (Å²) in [6.45, 7) is 4.47. The third kappa shape index (κ3) is 3.51. The summed E-state index contributed by atoms with van der Waals surface area (Å²) < 4.78 is 23.7. The molecule has 1 heterocycles. The van der Waals surface area contributed by atoms with Crippen LogP contribution in [0.1, 0.15) is 39.5 Å². The number of hydrogen-bond donors (Lipinski definition) is 1. The molecule has 1 fully saturated rings. The van der Waals surface area contributed by atoms with E-state index in [1.807, 2.05) is 0 Å². The van der Waals surface area contributed by atoms with Crippen LogP contribution in [0.15, 0.2) is 23.2 Å². The van der Waals surface area contributed by atoms with Crippen LogP contribution in [-0.2, 0) is 9.84 Å². The van der Waals surface area contributed by atoms with Crippen LogP contribution in [0.5, 0.6) is 0 Å². The molecule has 1 aliphatic rings. The van der Waals surface area contributed by atoms with Crippen molar-refractivity contribution in [3.8, 4) is 0 Å². The molecule has 0 aliphatic heterocycles. The number of hydrogen-bond acceptors (Lipinski definition) is 4. The van der Waals surface area contributed by atoms with Gasteiger partial charge in [0.1, 0.15) is 10.7 Å². The van der Waals surface area contributed by atoms with Crippen molar-refractivity contribution in [2.24, 2.45) is 11.8 Å². The van der Waals surface area contributed by atoms with Gasteiger partial charge in [0.15, 0.2) is 9.84 Å². The van der Waals surface area contributed by atoms with Crippen LogP contribution in [0.4, 0.5) is 5.82 Å². The van der Waals surface area contributed by atoms with Gasteiger partial charge in [0.2, 0.25) is 0 Å². The van der Waals surface area contributed by atoms with Gasteiger partial charge in [-0.3, -0.25) is 0 Å². The van der Waals surface area contributed by atoms with Gasteiger partial charge >= 0.3 is 0 Å². The highest BCUT2D eigenvalue weighted by Gasteiger charge is 2.28. The van der Waals surface area contributed by atoms with Crippen LogP contribution in [-0.4, -0.2) is 25.7 Å². The van der Waals surface area contributed by atoms with Gasteiger partial charge < -0.3 is 5.32 Å². The van der Waals surface area contributed by atoms with Crippen molar-refractivity contribution < 1.29 is 8.42 Å². The molecule has 1 aromatic rings. The fourth-order valence-corrected chi connectivity index (χ4v) is 3.90. The molecule has 0 bridgehead atoms. The second kappa shape index (κ2) is 6.12. The third-order valence-corrected chi connectivity index (χ3v) is 5.30. The van der Waals surface area contributed by atoms with Gasteiger partial charge in [-0.25, -0.2) is 13.4 Å². The summed E-state index contributed by atoms with van der Waals surface area (Å²) >= 11 is 0. The zero-order valence-electron chi connectivity index (χ0n) is 12.5. The van der Waals surface area contributed by atoms with E-state index in [0.29, 0.717) is 28.6 Å². The molecule has 1 aromatic heterocycles. The number of sulfone groups is 1. The molecule has 1 aliphatic carbocycles. The normalized spacial score (nSPS) is 23.8. The van der Waals surface area contributed by atoms with Gasteiger partial charge in [0, 0.05) is 18.5 Å². The lowest BCUT2D eigenvalue weighted by Crippen LogP contribution is -2.35. The Bertz CT molecular complexity index is 555. The van der Waals surface area contributed by atoms with Crippen LogP contribution < -0.4 is 5.32 Å². The minimum atomic E-state index is -3.25. The molecule has 1 saturated carbocycles. The van der Waals surface area contributed by atoms with Gasteiger partial charge in [-0.2, -0.15) is 0 Å². The molecule has 2 atom stereocenters. The van der Waals surface area contributed by atoms with Crippen LogP contribution in [0.25, 0.3) is 0 Å². The SMILES string of the molecule is CC(C)C1CCCCC1Nc1ncccc1S(C)(=O)=O. The molecule has 20 heavy (non-hydrogen) atoms. The predicted octanol–water partition coefficient (Wildman–Crippen LogP) is 3.11. The number of rotatable bonds is 4. The predicted molar refractivity (Wildman–Crippen MR) is 81.6 cm³/mol. The van der Waals surface area contributed by atoms with E-state index in [1.165, 1.54) is 25.5 Å². The van der Waals surface area contributed by atoms with Gasteiger partial charge in [-0.05, 0) is 36.8 Å². The first-order chi connectivity index (χ1) is 9.39. The Kier molecular flexibility index (Phi) is 4.68.